The second-order valence-electron chi connectivity index (χ2n) is 5.16. The number of nitro benzene ring substituents is 1. The summed E-state index contributed by atoms with van der Waals surface area (Å²) in [5, 5.41) is 20.0. The van der Waals surface area contributed by atoms with Crippen molar-refractivity contribution in [1.82, 2.24) is 0 Å². The number of nitro groups is 1. The van der Waals surface area contributed by atoms with Gasteiger partial charge >= 0.3 is 36.4 Å². The molecule has 146 valence electrons. The van der Waals surface area contributed by atoms with Gasteiger partial charge in [0.05, 0.1) is 4.92 Å². The summed E-state index contributed by atoms with van der Waals surface area (Å²) in [7, 11) is -0.0479. The summed E-state index contributed by atoms with van der Waals surface area (Å²) in [6.07, 6.45) is 2.09. The zero-order valence-electron chi connectivity index (χ0n) is 13.2. The van der Waals surface area contributed by atoms with Crippen LogP contribution in [0.15, 0.2) is 53.4 Å². The molecule has 0 amide bonds. The maximum absolute atomic E-state index is 11.2. The summed E-state index contributed by atoms with van der Waals surface area (Å²) in [5.74, 6) is 1.00. The Labute approximate surface area is 149 Å². The predicted molar refractivity (Wildman–Crippen MR) is 88.9 cm³/mol. The Morgan fingerprint density at radius 3 is 2.00 bits per heavy atom. The summed E-state index contributed by atoms with van der Waals surface area (Å²) < 4.78 is 59.6. The minimum absolute atomic E-state index is 0.0479. The molecule has 0 aromatic heterocycles. The van der Waals surface area contributed by atoms with E-state index in [1.165, 1.54) is 6.07 Å². The van der Waals surface area contributed by atoms with Gasteiger partial charge in [-0.3, -0.25) is 10.1 Å². The fraction of sp³-hybridized carbons (Fsp3) is 0.143. The first-order valence-electron chi connectivity index (χ1n) is 6.72. The number of hydrogen-bond acceptors (Lipinski definition) is 3. The summed E-state index contributed by atoms with van der Waals surface area (Å²) in [5.41, 5.74) is 1.08. The molecule has 1 atom stereocenters. The molecule has 0 radical (unpaired) electrons. The number of phenolic OH excluding ortho intramolecular Hbond substituents is 1. The van der Waals surface area contributed by atoms with Crippen molar-refractivity contribution in [2.75, 3.05) is 6.26 Å². The number of aromatic hydroxyl groups is 1. The average Bonchev–Trinajstić information content (AvgIpc) is 2.45. The first-order chi connectivity index (χ1) is 11.5. The van der Waals surface area contributed by atoms with Gasteiger partial charge in [0.25, 0.3) is 5.69 Å². The van der Waals surface area contributed by atoms with Gasteiger partial charge in [0, 0.05) is 28.6 Å². The van der Waals surface area contributed by atoms with Gasteiger partial charge in [0.15, 0.2) is 4.90 Å². The Morgan fingerprint density at radius 2 is 1.54 bits per heavy atom. The molecule has 2 aromatic rings. The van der Waals surface area contributed by atoms with Crippen LogP contribution >= 0.6 is 0 Å². The molecular formula is C14H14F6NO3SSb. The quantitative estimate of drug-likeness (QED) is 0.200. The first-order valence-corrected chi connectivity index (χ1v) is 14.3. The van der Waals surface area contributed by atoms with Crippen molar-refractivity contribution in [3.05, 3.63) is 64.2 Å². The number of nitrogens with zero attached hydrogens (tertiary/aromatic N) is 1. The van der Waals surface area contributed by atoms with Crippen LogP contribution in [0.5, 0.6) is 5.75 Å². The molecule has 26 heavy (non-hydrogen) atoms. The van der Waals surface area contributed by atoms with Crippen LogP contribution < -0.4 is 0 Å². The topological polar surface area (TPSA) is 63.4 Å². The van der Waals surface area contributed by atoms with Crippen molar-refractivity contribution in [3.63, 3.8) is 0 Å². The van der Waals surface area contributed by atoms with Gasteiger partial charge in [-0.25, -0.2) is 0 Å². The van der Waals surface area contributed by atoms with Crippen LogP contribution in [0.4, 0.5) is 22.6 Å². The minimum atomic E-state index is -11.2. The fourth-order valence-corrected chi connectivity index (χ4v) is 3.22. The first kappa shape index (κ1) is 22.4. The zero-order valence-corrected chi connectivity index (χ0v) is 16.5. The molecule has 0 fully saturated rings. The van der Waals surface area contributed by atoms with Crippen LogP contribution in [0, 0.1) is 10.1 Å². The third-order valence-electron chi connectivity index (χ3n) is 2.74. The fourth-order valence-electron chi connectivity index (χ4n) is 1.77. The van der Waals surface area contributed by atoms with Crippen LogP contribution in [-0.4, -0.2) is 35.8 Å². The zero-order chi connectivity index (χ0) is 20.2. The Morgan fingerprint density at radius 1 is 1.04 bits per heavy atom. The second kappa shape index (κ2) is 7.19. The normalized spacial score (nSPS) is 15.0. The van der Waals surface area contributed by atoms with E-state index in [9.17, 15) is 32.1 Å². The van der Waals surface area contributed by atoms with Crippen molar-refractivity contribution < 1.29 is 26.9 Å². The Balaban J connectivity index is 0.000000412. The van der Waals surface area contributed by atoms with E-state index in [4.69, 9.17) is 0 Å². The number of phenols is 1. The summed E-state index contributed by atoms with van der Waals surface area (Å²) in [4.78, 5) is 11.5. The van der Waals surface area contributed by atoms with Crippen LogP contribution in [-0.2, 0) is 16.6 Å². The Hall–Kier alpha value is -1.61. The summed E-state index contributed by atoms with van der Waals surface area (Å²) >= 11 is -11.2. The molecule has 2 aromatic carbocycles. The third kappa shape index (κ3) is 11.1. The molecule has 2 rings (SSSR count). The van der Waals surface area contributed by atoms with Crippen LogP contribution in [0.3, 0.4) is 0 Å². The van der Waals surface area contributed by atoms with E-state index >= 15 is 0 Å². The molecular weight excluding hydrogens is 498 g/mol. The van der Waals surface area contributed by atoms with Gasteiger partial charge in [-0.2, -0.15) is 0 Å². The molecule has 0 bridgehead atoms. The summed E-state index contributed by atoms with van der Waals surface area (Å²) in [6.45, 7) is 0. The van der Waals surface area contributed by atoms with E-state index in [0.29, 0.717) is 0 Å². The molecule has 0 saturated heterocycles. The second-order valence-corrected chi connectivity index (χ2v) is 12.7. The van der Waals surface area contributed by atoms with Crippen LogP contribution in [0.25, 0.3) is 0 Å². The standard InChI is InChI=1S/C14H13NO3S.6FH.Sb/c1-19(14-7-5-13(16)6-8-14)10-11-3-2-4-12(9-11)15(17)18;;;;;;;/h2-9H,10H2,1H3;6*1H;/q;;;;;;;+5/p-5. The van der Waals surface area contributed by atoms with Crippen molar-refractivity contribution in [1.29, 1.82) is 0 Å². The van der Waals surface area contributed by atoms with Gasteiger partial charge in [-0.1, -0.05) is 12.1 Å². The van der Waals surface area contributed by atoms with Crippen molar-refractivity contribution in [2.45, 2.75) is 10.6 Å². The molecule has 4 nitrogen and oxygen atoms in total. The van der Waals surface area contributed by atoms with Crippen molar-refractivity contribution in [2.24, 2.45) is 0 Å². The summed E-state index contributed by atoms with van der Waals surface area (Å²) in [6, 6.07) is 13.8. The molecule has 1 N–H and O–H groups in total. The number of hydrogen-bond donors (Lipinski definition) is 1. The Bertz CT molecular complexity index is 772. The van der Waals surface area contributed by atoms with Gasteiger partial charge < -0.3 is 5.11 Å². The van der Waals surface area contributed by atoms with Crippen molar-refractivity contribution in [3.8, 4) is 5.75 Å². The van der Waals surface area contributed by atoms with Gasteiger partial charge in [-0.15, -0.1) is 0 Å². The molecule has 0 aliphatic carbocycles. The number of halogens is 6. The van der Waals surface area contributed by atoms with E-state index in [1.807, 2.05) is 18.2 Å². The van der Waals surface area contributed by atoms with Gasteiger partial charge in [0.1, 0.15) is 17.8 Å². The van der Waals surface area contributed by atoms with Crippen LogP contribution in [0.2, 0.25) is 0 Å². The monoisotopic (exact) mass is 511 g/mol. The van der Waals surface area contributed by atoms with E-state index in [0.717, 1.165) is 16.2 Å². The molecule has 0 saturated carbocycles. The molecule has 1 unspecified atom stereocenters. The van der Waals surface area contributed by atoms with E-state index in [2.05, 4.69) is 6.26 Å². The van der Waals surface area contributed by atoms with E-state index in [1.54, 1.807) is 24.3 Å². The number of rotatable bonds is 4. The number of non-ortho nitro benzene ring substituents is 1. The molecule has 0 spiro atoms. The molecule has 12 heteroatoms. The molecule has 0 aliphatic rings. The van der Waals surface area contributed by atoms with Crippen molar-refractivity contribution >= 4 is 36.1 Å². The van der Waals surface area contributed by atoms with Crippen LogP contribution in [0.1, 0.15) is 5.56 Å². The molecule has 0 heterocycles. The van der Waals surface area contributed by atoms with Gasteiger partial charge in [-0.05, 0) is 24.3 Å². The molecule has 0 aliphatic heterocycles. The maximum atomic E-state index is 10.7. The van der Waals surface area contributed by atoms with E-state index < -0.39 is 19.5 Å². The predicted octanol–water partition coefficient (Wildman–Crippen LogP) is 5.25. The van der Waals surface area contributed by atoms with E-state index in [-0.39, 0.29) is 27.3 Å². The van der Waals surface area contributed by atoms with Gasteiger partial charge in [0.2, 0.25) is 0 Å². The average molecular weight is 512 g/mol. The third-order valence-corrected chi connectivity index (χ3v) is 4.59. The number of benzene rings is 2. The Kier molecular flexibility index (Phi) is 6.20. The SMILES string of the molecule is C[S+](Cc1cccc([N+](=O)[O-])c1)c1ccc(O)cc1.[F][Sb-]([F])([F])([F])([F])[F].